The van der Waals surface area contributed by atoms with Crippen LogP contribution in [-0.4, -0.2) is 38.1 Å². The molecule has 0 atom stereocenters. The van der Waals surface area contributed by atoms with Gasteiger partial charge in [-0.25, -0.2) is 4.39 Å². The maximum atomic E-state index is 14.1. The number of carbonyl (C=O) groups excluding carboxylic acids is 2. The van der Waals surface area contributed by atoms with E-state index in [-0.39, 0.29) is 17.5 Å². The Morgan fingerprint density at radius 1 is 1.17 bits per heavy atom. The molecule has 1 aliphatic carbocycles. The van der Waals surface area contributed by atoms with Gasteiger partial charge in [-0.1, -0.05) is 12.1 Å². The van der Waals surface area contributed by atoms with Crippen molar-refractivity contribution in [3.63, 3.8) is 0 Å². The Labute approximate surface area is 171 Å². The van der Waals surface area contributed by atoms with E-state index in [0.717, 1.165) is 18.4 Å². The number of tetrazole rings is 1. The average molecular weight is 406 g/mol. The van der Waals surface area contributed by atoms with Crippen molar-refractivity contribution in [1.82, 2.24) is 25.5 Å². The molecule has 1 aromatic heterocycles. The maximum absolute atomic E-state index is 14.1. The first-order valence-corrected chi connectivity index (χ1v) is 9.44. The molecular weight excluding hydrogens is 387 g/mol. The van der Waals surface area contributed by atoms with Crippen LogP contribution in [0.3, 0.4) is 0 Å². The van der Waals surface area contributed by atoms with Crippen LogP contribution in [0.15, 0.2) is 48.5 Å². The van der Waals surface area contributed by atoms with E-state index >= 15 is 0 Å². The van der Waals surface area contributed by atoms with Crippen molar-refractivity contribution in [3.8, 4) is 5.69 Å². The molecule has 3 aromatic rings. The maximum Gasteiger partial charge on any atom is 0.251 e. The average Bonchev–Trinajstić information content (AvgIpc) is 3.46. The predicted octanol–water partition coefficient (Wildman–Crippen LogP) is 2.65. The molecule has 1 heterocycles. The summed E-state index contributed by atoms with van der Waals surface area (Å²) in [5.41, 5.74) is 1.90. The highest BCUT2D eigenvalue weighted by Crippen LogP contribution is 2.20. The third-order valence-electron chi connectivity index (χ3n) is 4.58. The van der Waals surface area contributed by atoms with E-state index in [1.54, 1.807) is 37.3 Å². The van der Waals surface area contributed by atoms with Crippen molar-refractivity contribution in [3.05, 3.63) is 71.3 Å². The molecule has 2 N–H and O–H groups in total. The molecule has 0 spiro atoms. The van der Waals surface area contributed by atoms with E-state index in [9.17, 15) is 14.0 Å². The van der Waals surface area contributed by atoms with Crippen LogP contribution >= 0.6 is 0 Å². The Morgan fingerprint density at radius 3 is 2.60 bits per heavy atom. The van der Waals surface area contributed by atoms with Gasteiger partial charge in [-0.15, -0.1) is 5.10 Å². The van der Waals surface area contributed by atoms with Crippen LogP contribution in [0.4, 0.5) is 10.1 Å². The van der Waals surface area contributed by atoms with Gasteiger partial charge in [0, 0.05) is 23.4 Å². The third kappa shape index (κ3) is 4.57. The molecule has 1 saturated carbocycles. The summed E-state index contributed by atoms with van der Waals surface area (Å²) in [5.74, 6) is -0.552. The number of hydrogen-bond acceptors (Lipinski definition) is 5. The van der Waals surface area contributed by atoms with Gasteiger partial charge in [-0.3, -0.25) is 9.59 Å². The van der Waals surface area contributed by atoms with Gasteiger partial charge in [0.05, 0.1) is 0 Å². The van der Waals surface area contributed by atoms with Gasteiger partial charge in [0.1, 0.15) is 11.5 Å². The summed E-state index contributed by atoms with van der Waals surface area (Å²) in [6, 6.07) is 11.4. The fraction of sp³-hybridized carbons (Fsp3) is 0.190. The molecule has 0 aliphatic heterocycles. The number of nitrogens with zero attached hydrogens (tertiary/aromatic N) is 4. The van der Waals surface area contributed by atoms with Crippen LogP contribution < -0.4 is 10.6 Å². The van der Waals surface area contributed by atoms with Crippen molar-refractivity contribution in [1.29, 1.82) is 0 Å². The topological polar surface area (TPSA) is 102 Å². The lowest BCUT2D eigenvalue weighted by molar-refractivity contribution is -0.111. The number of carbonyl (C=O) groups is 2. The molecule has 1 fully saturated rings. The number of amides is 2. The first-order valence-electron chi connectivity index (χ1n) is 9.44. The molecule has 0 saturated heterocycles. The summed E-state index contributed by atoms with van der Waals surface area (Å²) >= 11 is 0. The van der Waals surface area contributed by atoms with E-state index in [0.29, 0.717) is 23.1 Å². The lowest BCUT2D eigenvalue weighted by atomic mass is 10.1. The molecule has 2 amide bonds. The highest BCUT2D eigenvalue weighted by molar-refractivity contribution is 6.02. The molecule has 152 valence electrons. The van der Waals surface area contributed by atoms with Gasteiger partial charge in [-0.05, 0) is 72.2 Å². The van der Waals surface area contributed by atoms with Crippen molar-refractivity contribution < 1.29 is 14.0 Å². The zero-order valence-electron chi connectivity index (χ0n) is 16.2. The summed E-state index contributed by atoms with van der Waals surface area (Å²) in [5, 5.41) is 16.6. The number of benzene rings is 2. The van der Waals surface area contributed by atoms with Crippen LogP contribution in [0.5, 0.6) is 0 Å². The van der Waals surface area contributed by atoms with Crippen molar-refractivity contribution in [2.24, 2.45) is 0 Å². The number of halogens is 1. The lowest BCUT2D eigenvalue weighted by Crippen LogP contribution is -2.25. The molecule has 0 bridgehead atoms. The van der Waals surface area contributed by atoms with Crippen molar-refractivity contribution >= 4 is 23.6 Å². The van der Waals surface area contributed by atoms with Gasteiger partial charge >= 0.3 is 0 Å². The third-order valence-corrected chi connectivity index (χ3v) is 4.58. The second-order valence-electron chi connectivity index (χ2n) is 7.00. The van der Waals surface area contributed by atoms with Crippen LogP contribution in [0.2, 0.25) is 0 Å². The molecule has 0 radical (unpaired) electrons. The molecule has 0 unspecified atom stereocenters. The first kappa shape index (κ1) is 19.4. The second-order valence-corrected chi connectivity index (χ2v) is 7.00. The molecule has 8 nitrogen and oxygen atoms in total. The van der Waals surface area contributed by atoms with Crippen LogP contribution in [0, 0.1) is 12.7 Å². The monoisotopic (exact) mass is 406 g/mol. The second kappa shape index (κ2) is 8.24. The van der Waals surface area contributed by atoms with Gasteiger partial charge in [-0.2, -0.15) is 4.68 Å². The summed E-state index contributed by atoms with van der Waals surface area (Å²) in [6.07, 6.45) is 5.07. The molecule has 1 aliphatic rings. The van der Waals surface area contributed by atoms with E-state index in [1.165, 1.54) is 29.0 Å². The Balaban J connectivity index is 1.40. The SMILES string of the molecule is Cc1nnnn1-c1cc(NC(=O)/C=C/c2ccc(C(=O)NC3CC3)cc2)ccc1F. The summed E-state index contributed by atoms with van der Waals surface area (Å²) in [7, 11) is 0. The zero-order chi connectivity index (χ0) is 21.1. The molecular formula is C21H19FN6O2. The predicted molar refractivity (Wildman–Crippen MR) is 108 cm³/mol. The van der Waals surface area contributed by atoms with Crippen molar-refractivity contribution in [2.75, 3.05) is 5.32 Å². The highest BCUT2D eigenvalue weighted by Gasteiger charge is 2.23. The van der Waals surface area contributed by atoms with E-state index in [1.807, 2.05) is 0 Å². The molecule has 30 heavy (non-hydrogen) atoms. The van der Waals surface area contributed by atoms with E-state index in [2.05, 4.69) is 26.2 Å². The largest absolute Gasteiger partial charge is 0.349 e. The van der Waals surface area contributed by atoms with Gasteiger partial charge in [0.15, 0.2) is 5.82 Å². The Morgan fingerprint density at radius 2 is 1.93 bits per heavy atom. The van der Waals surface area contributed by atoms with Crippen LogP contribution in [-0.2, 0) is 4.79 Å². The lowest BCUT2D eigenvalue weighted by Gasteiger charge is -2.07. The summed E-state index contributed by atoms with van der Waals surface area (Å²) < 4.78 is 15.4. The Kier molecular flexibility index (Phi) is 5.34. The number of nitrogens with one attached hydrogen (secondary N) is 2. The fourth-order valence-corrected chi connectivity index (χ4v) is 2.80. The van der Waals surface area contributed by atoms with E-state index < -0.39 is 5.82 Å². The quantitative estimate of drug-likeness (QED) is 0.613. The minimum Gasteiger partial charge on any atom is -0.349 e. The number of rotatable bonds is 6. The Hall–Kier alpha value is -3.88. The zero-order valence-corrected chi connectivity index (χ0v) is 16.2. The van der Waals surface area contributed by atoms with Crippen molar-refractivity contribution in [2.45, 2.75) is 25.8 Å². The van der Waals surface area contributed by atoms with Crippen LogP contribution in [0.25, 0.3) is 11.8 Å². The molecule has 9 heteroatoms. The first-order chi connectivity index (χ1) is 14.5. The Bertz CT molecular complexity index is 1120. The van der Waals surface area contributed by atoms with Gasteiger partial charge < -0.3 is 10.6 Å². The van der Waals surface area contributed by atoms with Crippen LogP contribution in [0.1, 0.15) is 34.6 Å². The van der Waals surface area contributed by atoms with Gasteiger partial charge in [0.25, 0.3) is 5.91 Å². The van der Waals surface area contributed by atoms with Gasteiger partial charge in [0.2, 0.25) is 5.91 Å². The number of aromatic nitrogens is 4. The number of anilines is 1. The summed E-state index contributed by atoms with van der Waals surface area (Å²) in [4.78, 5) is 24.2. The minimum atomic E-state index is -0.509. The smallest absolute Gasteiger partial charge is 0.251 e. The molecule has 4 rings (SSSR count). The fourth-order valence-electron chi connectivity index (χ4n) is 2.80. The number of hydrogen-bond donors (Lipinski definition) is 2. The van der Waals surface area contributed by atoms with E-state index in [4.69, 9.17) is 0 Å². The normalized spacial score (nSPS) is 13.4. The highest BCUT2D eigenvalue weighted by atomic mass is 19.1. The minimum absolute atomic E-state index is 0.0873. The number of aryl methyl sites for hydroxylation is 1. The summed E-state index contributed by atoms with van der Waals surface area (Å²) in [6.45, 7) is 1.65. The standard InChI is InChI=1S/C21H19FN6O2/c1-13-25-26-27-28(13)19-12-17(9-10-18(19)22)23-20(29)11-4-14-2-5-15(6-3-14)21(30)24-16-7-8-16/h2-6,9-12,16H,7-8H2,1H3,(H,23,29)(H,24,30)/b11-4+. The molecule has 2 aromatic carbocycles.